The molecule has 0 spiro atoms. The van der Waals surface area contributed by atoms with Gasteiger partial charge in [-0.15, -0.1) is 0 Å². The van der Waals surface area contributed by atoms with Crippen molar-refractivity contribution in [3.05, 3.63) is 0 Å². The van der Waals surface area contributed by atoms with Crippen LogP contribution < -0.4 is 0 Å². The van der Waals surface area contributed by atoms with Gasteiger partial charge in [-0.25, -0.2) is 0 Å². The fraction of sp³-hybridized carbons (Fsp3) is 1.00. The van der Waals surface area contributed by atoms with Crippen LogP contribution in [0.3, 0.4) is 0 Å². The molecule has 2 rings (SSSR count). The van der Waals surface area contributed by atoms with E-state index in [0.29, 0.717) is 0 Å². The number of hydrogen-bond donors (Lipinski definition) is 2. The van der Waals surface area contributed by atoms with Crippen LogP contribution in [-0.2, 0) is 18.9 Å². The van der Waals surface area contributed by atoms with E-state index in [1.54, 1.807) is 13.8 Å². The number of fused-ring (bicyclic) bond motifs is 2. The van der Waals surface area contributed by atoms with Crippen molar-refractivity contribution in [2.45, 2.75) is 44.4 Å². The third-order valence-electron chi connectivity index (χ3n) is 2.59. The first-order chi connectivity index (χ1) is 7.08. The molecular formula is C9H16O6. The minimum atomic E-state index is -1.19. The maximum atomic E-state index is 9.09. The molecule has 0 aliphatic carbocycles. The summed E-state index contributed by atoms with van der Waals surface area (Å²) >= 11 is 0. The Morgan fingerprint density at radius 3 is 2.33 bits per heavy atom. The summed E-state index contributed by atoms with van der Waals surface area (Å²) in [5.41, 5.74) is 0. The van der Waals surface area contributed by atoms with Gasteiger partial charge in [-0.1, -0.05) is 0 Å². The molecule has 0 aromatic rings. The molecule has 2 heterocycles. The zero-order valence-electron chi connectivity index (χ0n) is 8.75. The van der Waals surface area contributed by atoms with Crippen LogP contribution in [0.4, 0.5) is 0 Å². The van der Waals surface area contributed by atoms with Crippen LogP contribution in [0, 0.1) is 0 Å². The van der Waals surface area contributed by atoms with Gasteiger partial charge in [-0.3, -0.25) is 4.74 Å². The molecule has 0 aromatic carbocycles. The first kappa shape index (κ1) is 11.3. The zero-order chi connectivity index (χ0) is 11.1. The van der Waals surface area contributed by atoms with Crippen LogP contribution in [0.15, 0.2) is 0 Å². The molecule has 2 fully saturated rings. The molecule has 15 heavy (non-hydrogen) atoms. The predicted octanol–water partition coefficient (Wildman–Crippen LogP) is -0.810. The Morgan fingerprint density at radius 1 is 1.07 bits per heavy atom. The van der Waals surface area contributed by atoms with Crippen molar-refractivity contribution in [2.24, 2.45) is 0 Å². The lowest BCUT2D eigenvalue weighted by Crippen LogP contribution is -2.43. The fourth-order valence-electron chi connectivity index (χ4n) is 1.83. The monoisotopic (exact) mass is 220 g/mol. The van der Waals surface area contributed by atoms with E-state index >= 15 is 0 Å². The van der Waals surface area contributed by atoms with Gasteiger partial charge in [-0.05, 0) is 6.92 Å². The Labute approximate surface area is 87.7 Å². The molecule has 2 aliphatic heterocycles. The summed E-state index contributed by atoms with van der Waals surface area (Å²) in [6.07, 6.45) is -2.06. The van der Waals surface area contributed by atoms with Gasteiger partial charge in [-0.2, -0.15) is 0 Å². The number of aliphatic hydroxyl groups excluding tert-OH is 2. The smallest absolute Gasteiger partial charge is 0.283 e. The largest absolute Gasteiger partial charge is 0.394 e. The second-order valence-electron chi connectivity index (χ2n) is 3.87. The number of rotatable bonds is 2. The van der Waals surface area contributed by atoms with Gasteiger partial charge < -0.3 is 24.4 Å². The Hall–Kier alpha value is -0.240. The lowest BCUT2D eigenvalue weighted by Gasteiger charge is -2.29. The summed E-state index contributed by atoms with van der Waals surface area (Å²) in [5.74, 6) is -1.19. The highest BCUT2D eigenvalue weighted by atomic mass is 17.0. The van der Waals surface area contributed by atoms with Crippen LogP contribution in [-0.4, -0.2) is 54.0 Å². The lowest BCUT2D eigenvalue weighted by molar-refractivity contribution is -0.340. The molecule has 2 N–H and O–H groups in total. The standard InChI is InChI=1S/C9H16O6/c1-5-6(3-10)12-8-7(4-11)14-9(2,13-5)15-8/h5-8,10-11H,3-4H2,1-2H3/t5?,6?,7?,8-,9?/m1/s1. The van der Waals surface area contributed by atoms with E-state index in [0.717, 1.165) is 0 Å². The SMILES string of the molecule is CC1OC2(C)OC(CO)[C@H](OC1CO)O2. The van der Waals surface area contributed by atoms with E-state index in [-0.39, 0.29) is 19.3 Å². The Kier molecular flexibility index (Phi) is 2.98. The van der Waals surface area contributed by atoms with E-state index in [9.17, 15) is 0 Å². The second-order valence-corrected chi connectivity index (χ2v) is 3.87. The summed E-state index contributed by atoms with van der Waals surface area (Å²) in [7, 11) is 0. The van der Waals surface area contributed by atoms with Gasteiger partial charge in [0.1, 0.15) is 12.2 Å². The molecular weight excluding hydrogens is 204 g/mol. The highest BCUT2D eigenvalue weighted by molar-refractivity contribution is 4.80. The van der Waals surface area contributed by atoms with Crippen molar-refractivity contribution in [1.82, 2.24) is 0 Å². The molecule has 88 valence electrons. The van der Waals surface area contributed by atoms with E-state index in [4.69, 9.17) is 29.2 Å². The first-order valence-corrected chi connectivity index (χ1v) is 4.98. The van der Waals surface area contributed by atoms with Crippen LogP contribution in [0.1, 0.15) is 13.8 Å². The van der Waals surface area contributed by atoms with Crippen molar-refractivity contribution in [1.29, 1.82) is 0 Å². The quantitative estimate of drug-likeness (QED) is 0.633. The maximum Gasteiger partial charge on any atom is 0.283 e. The van der Waals surface area contributed by atoms with Crippen molar-refractivity contribution in [2.75, 3.05) is 13.2 Å². The second kappa shape index (κ2) is 3.97. The van der Waals surface area contributed by atoms with Gasteiger partial charge in [0.25, 0.3) is 5.97 Å². The summed E-state index contributed by atoms with van der Waals surface area (Å²) in [5, 5.41) is 18.1. The number of ether oxygens (including phenoxy) is 4. The predicted molar refractivity (Wildman–Crippen MR) is 47.7 cm³/mol. The molecule has 0 amide bonds. The van der Waals surface area contributed by atoms with Crippen LogP contribution >= 0.6 is 0 Å². The Morgan fingerprint density at radius 2 is 1.73 bits per heavy atom. The normalized spacial score (nSPS) is 50.4. The fourth-order valence-corrected chi connectivity index (χ4v) is 1.83. The summed E-state index contributed by atoms with van der Waals surface area (Å²) in [6, 6.07) is 0. The highest BCUT2D eigenvalue weighted by Gasteiger charge is 2.51. The maximum absolute atomic E-state index is 9.09. The average Bonchev–Trinajstić information content (AvgIpc) is 2.43. The minimum Gasteiger partial charge on any atom is -0.394 e. The lowest BCUT2D eigenvalue weighted by atomic mass is 10.2. The van der Waals surface area contributed by atoms with Crippen molar-refractivity contribution in [3.8, 4) is 0 Å². The molecule has 6 heteroatoms. The first-order valence-electron chi connectivity index (χ1n) is 4.98. The van der Waals surface area contributed by atoms with Crippen molar-refractivity contribution < 1.29 is 29.2 Å². The summed E-state index contributed by atoms with van der Waals surface area (Å²) in [4.78, 5) is 0. The van der Waals surface area contributed by atoms with E-state index < -0.39 is 24.5 Å². The third kappa shape index (κ3) is 2.01. The van der Waals surface area contributed by atoms with Gasteiger partial charge in [0.05, 0.1) is 19.3 Å². The molecule has 2 saturated heterocycles. The van der Waals surface area contributed by atoms with E-state index in [1.165, 1.54) is 0 Å². The van der Waals surface area contributed by atoms with E-state index in [2.05, 4.69) is 0 Å². The summed E-state index contributed by atoms with van der Waals surface area (Å²) in [6.45, 7) is 3.02. The molecule has 0 radical (unpaired) electrons. The Balaban J connectivity index is 2.14. The van der Waals surface area contributed by atoms with Gasteiger partial charge in [0.2, 0.25) is 0 Å². The molecule has 6 nitrogen and oxygen atoms in total. The van der Waals surface area contributed by atoms with Gasteiger partial charge in [0, 0.05) is 6.92 Å². The summed E-state index contributed by atoms with van der Waals surface area (Å²) < 4.78 is 21.7. The Bertz CT molecular complexity index is 235. The topological polar surface area (TPSA) is 77.4 Å². The van der Waals surface area contributed by atoms with Crippen molar-refractivity contribution >= 4 is 0 Å². The molecule has 4 unspecified atom stereocenters. The molecule has 0 saturated carbocycles. The molecule has 2 aliphatic rings. The number of aliphatic hydroxyl groups is 2. The van der Waals surface area contributed by atoms with Crippen LogP contribution in [0.2, 0.25) is 0 Å². The van der Waals surface area contributed by atoms with Gasteiger partial charge in [0.15, 0.2) is 6.29 Å². The molecule has 2 bridgehead atoms. The van der Waals surface area contributed by atoms with Crippen molar-refractivity contribution in [3.63, 3.8) is 0 Å². The highest BCUT2D eigenvalue weighted by Crippen LogP contribution is 2.35. The third-order valence-corrected chi connectivity index (χ3v) is 2.59. The minimum absolute atomic E-state index is 0.157. The van der Waals surface area contributed by atoms with Crippen LogP contribution in [0.25, 0.3) is 0 Å². The van der Waals surface area contributed by atoms with E-state index in [1.807, 2.05) is 0 Å². The zero-order valence-corrected chi connectivity index (χ0v) is 8.75. The molecule has 5 atom stereocenters. The average molecular weight is 220 g/mol. The van der Waals surface area contributed by atoms with Crippen LogP contribution in [0.5, 0.6) is 0 Å². The van der Waals surface area contributed by atoms with Gasteiger partial charge >= 0.3 is 0 Å². The number of hydrogen-bond acceptors (Lipinski definition) is 6. The molecule has 0 aromatic heterocycles.